The lowest BCUT2D eigenvalue weighted by Crippen LogP contribution is -2.67. The van der Waals surface area contributed by atoms with Crippen LogP contribution in [0.2, 0.25) is 0 Å². The summed E-state index contributed by atoms with van der Waals surface area (Å²) in [4.78, 5) is 36.8. The molecule has 2 aromatic carbocycles. The van der Waals surface area contributed by atoms with Gasteiger partial charge in [-0.2, -0.15) is 8.42 Å². The Morgan fingerprint density at radius 1 is 0.919 bits per heavy atom. The minimum Gasteiger partial charge on any atom is -0.457 e. The number of carbonyl (C=O) groups is 3. The Labute approximate surface area is 215 Å². The highest BCUT2D eigenvalue weighted by molar-refractivity contribution is 7.86. The Morgan fingerprint density at radius 3 is 2.08 bits per heavy atom. The van der Waals surface area contributed by atoms with E-state index < -0.39 is 65.2 Å². The van der Waals surface area contributed by atoms with Gasteiger partial charge in [0.05, 0.1) is 11.5 Å². The maximum absolute atomic E-state index is 13.0. The van der Waals surface area contributed by atoms with Gasteiger partial charge in [-0.3, -0.25) is 18.6 Å². The third-order valence-corrected chi connectivity index (χ3v) is 6.81. The van der Waals surface area contributed by atoms with Crippen LogP contribution in [0.15, 0.2) is 59.5 Å². The predicted molar refractivity (Wildman–Crippen MR) is 129 cm³/mol. The van der Waals surface area contributed by atoms with Crippen molar-refractivity contribution in [3.63, 3.8) is 0 Å². The van der Waals surface area contributed by atoms with E-state index in [0.29, 0.717) is 5.56 Å². The Hall–Kier alpha value is -3.32. The second kappa shape index (κ2) is 12.3. The van der Waals surface area contributed by atoms with Crippen molar-refractivity contribution in [1.29, 1.82) is 0 Å². The number of esters is 2. The SMILES string of the molecule is COC1OC(COS(=O)(=O)c2ccc(C)cc2)C(OC(C)=O)C(NC(=O)c2ccccc2)C1OC(C)=O. The first-order chi connectivity index (χ1) is 17.5. The van der Waals surface area contributed by atoms with E-state index in [-0.39, 0.29) is 4.90 Å². The molecule has 0 radical (unpaired) electrons. The Balaban J connectivity index is 1.93. The third kappa shape index (κ3) is 7.35. The van der Waals surface area contributed by atoms with Gasteiger partial charge < -0.3 is 24.3 Å². The van der Waals surface area contributed by atoms with Gasteiger partial charge in [-0.15, -0.1) is 0 Å². The Bertz CT molecular complexity index is 1200. The monoisotopic (exact) mass is 535 g/mol. The molecule has 0 saturated carbocycles. The molecule has 3 rings (SSSR count). The fourth-order valence-electron chi connectivity index (χ4n) is 3.82. The number of rotatable bonds is 9. The number of methoxy groups -OCH3 is 1. The lowest BCUT2D eigenvalue weighted by Gasteiger charge is -2.44. The van der Waals surface area contributed by atoms with E-state index in [4.69, 9.17) is 23.1 Å². The highest BCUT2D eigenvalue weighted by Crippen LogP contribution is 2.28. The normalized spacial score (nSPS) is 23.6. The van der Waals surface area contributed by atoms with Crippen molar-refractivity contribution in [2.24, 2.45) is 0 Å². The lowest BCUT2D eigenvalue weighted by atomic mass is 9.95. The van der Waals surface area contributed by atoms with Crippen LogP contribution < -0.4 is 5.32 Å². The molecule has 0 bridgehead atoms. The molecule has 1 aliphatic heterocycles. The average Bonchev–Trinajstić information content (AvgIpc) is 2.85. The quantitative estimate of drug-likeness (QED) is 0.372. The number of ether oxygens (including phenoxy) is 4. The summed E-state index contributed by atoms with van der Waals surface area (Å²) in [5, 5.41) is 2.72. The van der Waals surface area contributed by atoms with Gasteiger partial charge in [-0.1, -0.05) is 35.9 Å². The van der Waals surface area contributed by atoms with Crippen LogP contribution in [0.25, 0.3) is 0 Å². The Morgan fingerprint density at radius 2 is 1.51 bits per heavy atom. The highest BCUT2D eigenvalue weighted by Gasteiger charge is 2.51. The third-order valence-electron chi connectivity index (χ3n) is 5.52. The summed E-state index contributed by atoms with van der Waals surface area (Å²) in [6, 6.07) is 13.1. The van der Waals surface area contributed by atoms with Gasteiger partial charge in [-0.25, -0.2) is 0 Å². The van der Waals surface area contributed by atoms with Gasteiger partial charge in [0.1, 0.15) is 12.1 Å². The fraction of sp³-hybridized carbons (Fsp3) is 0.400. The van der Waals surface area contributed by atoms with Crippen molar-refractivity contribution >= 4 is 28.0 Å². The van der Waals surface area contributed by atoms with Crippen molar-refractivity contribution in [1.82, 2.24) is 5.32 Å². The second-order valence-electron chi connectivity index (χ2n) is 8.34. The van der Waals surface area contributed by atoms with Crippen LogP contribution in [-0.4, -0.2) is 70.6 Å². The molecule has 1 saturated heterocycles. The van der Waals surface area contributed by atoms with E-state index in [0.717, 1.165) is 19.4 Å². The average molecular weight is 536 g/mol. The van der Waals surface area contributed by atoms with E-state index in [1.165, 1.54) is 19.2 Å². The standard InChI is InChI=1S/C25H29NO10S/c1-15-10-12-19(13-11-15)37(30,31)33-14-20-22(34-16(2)27)21(23(35-17(3)28)25(32-4)36-20)26-24(29)18-8-6-5-7-9-18/h5-13,20-23,25H,14H2,1-4H3,(H,26,29). The number of amides is 1. The molecule has 0 aromatic heterocycles. The van der Waals surface area contributed by atoms with E-state index in [1.807, 2.05) is 6.92 Å². The topological polar surface area (TPSA) is 144 Å². The minimum atomic E-state index is -4.20. The van der Waals surface area contributed by atoms with E-state index >= 15 is 0 Å². The summed E-state index contributed by atoms with van der Waals surface area (Å²) < 4.78 is 52.7. The van der Waals surface area contributed by atoms with Crippen LogP contribution in [0.1, 0.15) is 29.8 Å². The van der Waals surface area contributed by atoms with Gasteiger partial charge in [0.15, 0.2) is 18.5 Å². The van der Waals surface area contributed by atoms with Gasteiger partial charge in [-0.05, 0) is 31.2 Å². The fourth-order valence-corrected chi connectivity index (χ4v) is 4.74. The minimum absolute atomic E-state index is 0.0760. The van der Waals surface area contributed by atoms with Crippen LogP contribution in [0, 0.1) is 6.92 Å². The molecule has 12 heteroatoms. The first-order valence-electron chi connectivity index (χ1n) is 11.4. The van der Waals surface area contributed by atoms with Crippen LogP contribution in [-0.2, 0) is 42.8 Å². The first kappa shape index (κ1) is 28.3. The molecule has 37 heavy (non-hydrogen) atoms. The molecule has 1 fully saturated rings. The zero-order chi connectivity index (χ0) is 27.2. The van der Waals surface area contributed by atoms with E-state index in [2.05, 4.69) is 5.32 Å². The molecule has 2 aromatic rings. The molecule has 0 spiro atoms. The molecule has 200 valence electrons. The zero-order valence-corrected chi connectivity index (χ0v) is 21.6. The van der Waals surface area contributed by atoms with Crippen molar-refractivity contribution in [2.75, 3.05) is 13.7 Å². The summed E-state index contributed by atoms with van der Waals surface area (Å²) in [5.41, 5.74) is 1.15. The lowest BCUT2D eigenvalue weighted by molar-refractivity contribution is -0.276. The van der Waals surface area contributed by atoms with Crippen molar-refractivity contribution < 1.29 is 45.9 Å². The van der Waals surface area contributed by atoms with E-state index in [9.17, 15) is 22.8 Å². The smallest absolute Gasteiger partial charge is 0.303 e. The highest BCUT2D eigenvalue weighted by atomic mass is 32.2. The first-order valence-corrected chi connectivity index (χ1v) is 12.8. The van der Waals surface area contributed by atoms with Gasteiger partial charge >= 0.3 is 11.9 Å². The van der Waals surface area contributed by atoms with Crippen molar-refractivity contribution in [2.45, 2.75) is 56.3 Å². The molecule has 5 unspecified atom stereocenters. The molecular formula is C25H29NO10S. The summed E-state index contributed by atoms with van der Waals surface area (Å²) in [6.07, 6.45) is -4.99. The van der Waals surface area contributed by atoms with E-state index in [1.54, 1.807) is 42.5 Å². The van der Waals surface area contributed by atoms with Crippen LogP contribution in [0.5, 0.6) is 0 Å². The summed E-state index contributed by atoms with van der Waals surface area (Å²) >= 11 is 0. The number of carbonyl (C=O) groups excluding carboxylic acids is 3. The second-order valence-corrected chi connectivity index (χ2v) is 9.96. The van der Waals surface area contributed by atoms with Gasteiger partial charge in [0, 0.05) is 26.5 Å². The number of hydrogen-bond acceptors (Lipinski definition) is 10. The molecule has 1 aliphatic rings. The molecule has 0 aliphatic carbocycles. The number of benzene rings is 2. The van der Waals surface area contributed by atoms with Crippen LogP contribution in [0.4, 0.5) is 0 Å². The molecule has 11 nitrogen and oxygen atoms in total. The summed E-state index contributed by atoms with van der Waals surface area (Å²) in [6.45, 7) is 3.52. The number of hydrogen-bond donors (Lipinski definition) is 1. The van der Waals surface area contributed by atoms with Crippen molar-refractivity contribution in [3.05, 3.63) is 65.7 Å². The number of nitrogens with one attached hydrogen (secondary N) is 1. The van der Waals surface area contributed by atoms with Gasteiger partial charge in [0.2, 0.25) is 0 Å². The number of aryl methyl sites for hydroxylation is 1. The molecular weight excluding hydrogens is 506 g/mol. The summed E-state index contributed by atoms with van der Waals surface area (Å²) in [7, 11) is -2.92. The van der Waals surface area contributed by atoms with Crippen LogP contribution >= 0.6 is 0 Å². The molecule has 1 N–H and O–H groups in total. The molecule has 1 amide bonds. The maximum atomic E-state index is 13.0. The zero-order valence-electron chi connectivity index (χ0n) is 20.8. The Kier molecular flexibility index (Phi) is 9.38. The predicted octanol–water partition coefficient (Wildman–Crippen LogP) is 1.73. The largest absolute Gasteiger partial charge is 0.457 e. The molecule has 1 heterocycles. The maximum Gasteiger partial charge on any atom is 0.303 e. The molecule has 5 atom stereocenters. The van der Waals surface area contributed by atoms with Gasteiger partial charge in [0.25, 0.3) is 16.0 Å². The van der Waals surface area contributed by atoms with Crippen LogP contribution in [0.3, 0.4) is 0 Å². The van der Waals surface area contributed by atoms with Crippen molar-refractivity contribution in [3.8, 4) is 0 Å². The summed E-state index contributed by atoms with van der Waals surface area (Å²) in [5.74, 6) is -1.99.